The molecular weight excluding hydrogens is 192 g/mol. The number of amides is 1. The molecule has 1 aliphatic rings. The van der Waals surface area contributed by atoms with E-state index in [4.69, 9.17) is 10.5 Å². The van der Waals surface area contributed by atoms with Crippen molar-refractivity contribution in [3.05, 3.63) is 0 Å². The summed E-state index contributed by atoms with van der Waals surface area (Å²) in [6.07, 6.45) is 0.907. The van der Waals surface area contributed by atoms with E-state index < -0.39 is 5.54 Å². The van der Waals surface area contributed by atoms with Crippen molar-refractivity contribution in [2.45, 2.75) is 32.7 Å². The minimum Gasteiger partial charge on any atom is -0.381 e. The van der Waals surface area contributed by atoms with Crippen molar-refractivity contribution in [1.29, 1.82) is 0 Å². The SMILES string of the molecule is CC(C)CNC(C)(C(N)=O)C1CCOC1. The van der Waals surface area contributed by atoms with Gasteiger partial charge < -0.3 is 15.8 Å². The van der Waals surface area contributed by atoms with Gasteiger partial charge >= 0.3 is 0 Å². The second-order valence-electron chi connectivity index (χ2n) is 4.90. The molecule has 0 spiro atoms. The molecule has 4 heteroatoms. The lowest BCUT2D eigenvalue weighted by Gasteiger charge is -2.33. The lowest BCUT2D eigenvalue weighted by Crippen LogP contribution is -2.59. The Labute approximate surface area is 91.5 Å². The van der Waals surface area contributed by atoms with Crippen molar-refractivity contribution in [3.8, 4) is 0 Å². The van der Waals surface area contributed by atoms with Gasteiger partial charge in [-0.2, -0.15) is 0 Å². The van der Waals surface area contributed by atoms with Crippen LogP contribution in [0.2, 0.25) is 0 Å². The van der Waals surface area contributed by atoms with Crippen LogP contribution in [0, 0.1) is 11.8 Å². The molecule has 88 valence electrons. The summed E-state index contributed by atoms with van der Waals surface area (Å²) in [5, 5.41) is 3.28. The zero-order valence-electron chi connectivity index (χ0n) is 9.88. The molecule has 15 heavy (non-hydrogen) atoms. The van der Waals surface area contributed by atoms with Crippen LogP contribution in [0.1, 0.15) is 27.2 Å². The monoisotopic (exact) mass is 214 g/mol. The molecule has 1 fully saturated rings. The third-order valence-electron chi connectivity index (χ3n) is 3.14. The fourth-order valence-corrected chi connectivity index (χ4v) is 1.84. The first-order chi connectivity index (χ1) is 6.97. The van der Waals surface area contributed by atoms with Gasteiger partial charge in [0.25, 0.3) is 0 Å². The van der Waals surface area contributed by atoms with Crippen molar-refractivity contribution in [1.82, 2.24) is 5.32 Å². The molecule has 0 aromatic heterocycles. The fourth-order valence-electron chi connectivity index (χ4n) is 1.84. The Morgan fingerprint density at radius 2 is 2.33 bits per heavy atom. The van der Waals surface area contributed by atoms with Gasteiger partial charge in [-0.1, -0.05) is 13.8 Å². The third kappa shape index (κ3) is 2.92. The maximum absolute atomic E-state index is 11.5. The Bertz CT molecular complexity index is 225. The molecule has 0 aliphatic carbocycles. The number of ether oxygens (including phenoxy) is 1. The predicted octanol–water partition coefficient (Wildman–Crippen LogP) is 0.513. The molecule has 1 heterocycles. The molecule has 2 unspecified atom stereocenters. The summed E-state index contributed by atoms with van der Waals surface area (Å²) in [7, 11) is 0. The van der Waals surface area contributed by atoms with Crippen molar-refractivity contribution < 1.29 is 9.53 Å². The molecule has 3 N–H and O–H groups in total. The maximum atomic E-state index is 11.5. The number of nitrogens with one attached hydrogen (secondary N) is 1. The summed E-state index contributed by atoms with van der Waals surface area (Å²) >= 11 is 0. The minimum absolute atomic E-state index is 0.203. The molecule has 1 rings (SSSR count). The van der Waals surface area contributed by atoms with E-state index in [0.29, 0.717) is 12.5 Å². The predicted molar refractivity (Wildman–Crippen MR) is 59.4 cm³/mol. The number of hydrogen-bond acceptors (Lipinski definition) is 3. The van der Waals surface area contributed by atoms with Crippen LogP contribution in [-0.2, 0) is 9.53 Å². The van der Waals surface area contributed by atoms with Crippen LogP contribution in [0.3, 0.4) is 0 Å². The number of nitrogens with two attached hydrogens (primary N) is 1. The summed E-state index contributed by atoms with van der Waals surface area (Å²) < 4.78 is 5.31. The van der Waals surface area contributed by atoms with Gasteiger partial charge in [0.05, 0.1) is 12.1 Å². The second-order valence-corrected chi connectivity index (χ2v) is 4.90. The quantitative estimate of drug-likeness (QED) is 0.701. The van der Waals surface area contributed by atoms with Gasteiger partial charge in [0.2, 0.25) is 5.91 Å². The summed E-state index contributed by atoms with van der Waals surface area (Å²) in [5.41, 5.74) is 4.86. The van der Waals surface area contributed by atoms with Gasteiger partial charge in [-0.3, -0.25) is 4.79 Å². The third-order valence-corrected chi connectivity index (χ3v) is 3.14. The molecule has 0 bridgehead atoms. The van der Waals surface area contributed by atoms with Crippen LogP contribution in [0.5, 0.6) is 0 Å². The highest BCUT2D eigenvalue weighted by Gasteiger charge is 2.41. The standard InChI is InChI=1S/C11H22N2O2/c1-8(2)6-13-11(3,10(12)14)9-4-5-15-7-9/h8-9,13H,4-7H2,1-3H3,(H2,12,14). The highest BCUT2D eigenvalue weighted by molar-refractivity contribution is 5.84. The summed E-state index contributed by atoms with van der Waals surface area (Å²) in [4.78, 5) is 11.5. The van der Waals surface area contributed by atoms with Crippen molar-refractivity contribution in [3.63, 3.8) is 0 Å². The van der Waals surface area contributed by atoms with Crippen LogP contribution in [0.15, 0.2) is 0 Å². The zero-order chi connectivity index (χ0) is 11.5. The molecule has 1 aliphatic heterocycles. The number of rotatable bonds is 5. The first-order valence-corrected chi connectivity index (χ1v) is 5.59. The molecule has 0 aromatic carbocycles. The van der Waals surface area contributed by atoms with Crippen LogP contribution in [-0.4, -0.2) is 31.2 Å². The largest absolute Gasteiger partial charge is 0.381 e. The zero-order valence-corrected chi connectivity index (χ0v) is 9.88. The van der Waals surface area contributed by atoms with E-state index in [-0.39, 0.29) is 11.8 Å². The topological polar surface area (TPSA) is 64.3 Å². The van der Waals surface area contributed by atoms with Gasteiger partial charge in [0.1, 0.15) is 0 Å². The van der Waals surface area contributed by atoms with Gasteiger partial charge in [-0.15, -0.1) is 0 Å². The summed E-state index contributed by atoms with van der Waals surface area (Å²) in [6.45, 7) is 8.27. The number of carbonyl (C=O) groups excluding carboxylic acids is 1. The Kier molecular flexibility index (Phi) is 4.11. The van der Waals surface area contributed by atoms with Gasteiger partial charge in [-0.05, 0) is 25.8 Å². The highest BCUT2D eigenvalue weighted by atomic mass is 16.5. The molecular formula is C11H22N2O2. The number of hydrogen-bond donors (Lipinski definition) is 2. The molecule has 0 saturated carbocycles. The second kappa shape index (κ2) is 4.94. The first kappa shape index (κ1) is 12.5. The molecule has 4 nitrogen and oxygen atoms in total. The van der Waals surface area contributed by atoms with E-state index in [9.17, 15) is 4.79 Å². The van der Waals surface area contributed by atoms with E-state index >= 15 is 0 Å². The number of carbonyl (C=O) groups is 1. The van der Waals surface area contributed by atoms with Gasteiger partial charge in [0, 0.05) is 12.5 Å². The van der Waals surface area contributed by atoms with Crippen molar-refractivity contribution >= 4 is 5.91 Å². The van der Waals surface area contributed by atoms with E-state index in [0.717, 1.165) is 19.6 Å². The fraction of sp³-hybridized carbons (Fsp3) is 0.909. The van der Waals surface area contributed by atoms with Crippen molar-refractivity contribution in [2.24, 2.45) is 17.6 Å². The van der Waals surface area contributed by atoms with E-state index in [1.807, 2.05) is 6.92 Å². The minimum atomic E-state index is -0.624. The van der Waals surface area contributed by atoms with Gasteiger partial charge in [0.15, 0.2) is 0 Å². The Morgan fingerprint density at radius 3 is 2.73 bits per heavy atom. The van der Waals surface area contributed by atoms with Crippen LogP contribution >= 0.6 is 0 Å². The first-order valence-electron chi connectivity index (χ1n) is 5.59. The summed E-state index contributed by atoms with van der Waals surface area (Å²) in [6, 6.07) is 0. The maximum Gasteiger partial charge on any atom is 0.237 e. The number of primary amides is 1. The summed E-state index contributed by atoms with van der Waals surface area (Å²) in [5.74, 6) is 0.429. The van der Waals surface area contributed by atoms with Crippen LogP contribution < -0.4 is 11.1 Å². The molecule has 1 amide bonds. The van der Waals surface area contributed by atoms with E-state index in [1.165, 1.54) is 0 Å². The smallest absolute Gasteiger partial charge is 0.237 e. The lowest BCUT2D eigenvalue weighted by molar-refractivity contribution is -0.126. The van der Waals surface area contributed by atoms with Crippen LogP contribution in [0.4, 0.5) is 0 Å². The lowest BCUT2D eigenvalue weighted by atomic mass is 9.84. The Balaban J connectivity index is 2.64. The molecule has 0 aromatic rings. The van der Waals surface area contributed by atoms with E-state index in [1.54, 1.807) is 0 Å². The Morgan fingerprint density at radius 1 is 1.67 bits per heavy atom. The highest BCUT2D eigenvalue weighted by Crippen LogP contribution is 2.25. The average Bonchev–Trinajstić information content (AvgIpc) is 2.66. The molecule has 2 atom stereocenters. The molecule has 1 saturated heterocycles. The van der Waals surface area contributed by atoms with Crippen molar-refractivity contribution in [2.75, 3.05) is 19.8 Å². The Hall–Kier alpha value is -0.610. The normalized spacial score (nSPS) is 25.5. The average molecular weight is 214 g/mol. The van der Waals surface area contributed by atoms with Crippen LogP contribution in [0.25, 0.3) is 0 Å². The molecule has 0 radical (unpaired) electrons. The van der Waals surface area contributed by atoms with E-state index in [2.05, 4.69) is 19.2 Å². The van der Waals surface area contributed by atoms with Gasteiger partial charge in [-0.25, -0.2) is 0 Å².